The van der Waals surface area contributed by atoms with Crippen LogP contribution in [0.15, 0.2) is 18.2 Å². The molecule has 0 saturated carbocycles. The summed E-state index contributed by atoms with van der Waals surface area (Å²) in [6.45, 7) is 0.324. The molecular weight excluding hydrogens is 236 g/mol. The SMILES string of the molecule is O=C(c1cc(F)ccc1Cl)N1CC(CF)C1. The first-order valence-corrected chi connectivity index (χ1v) is 5.30. The van der Waals surface area contributed by atoms with Gasteiger partial charge in [-0.15, -0.1) is 0 Å². The van der Waals surface area contributed by atoms with Crippen LogP contribution < -0.4 is 0 Å². The van der Waals surface area contributed by atoms with Crippen molar-refractivity contribution in [2.75, 3.05) is 19.8 Å². The summed E-state index contributed by atoms with van der Waals surface area (Å²) >= 11 is 5.80. The van der Waals surface area contributed by atoms with E-state index in [1.807, 2.05) is 0 Å². The van der Waals surface area contributed by atoms with Crippen LogP contribution in [-0.2, 0) is 0 Å². The van der Waals surface area contributed by atoms with Gasteiger partial charge in [0.1, 0.15) is 5.82 Å². The number of benzene rings is 1. The van der Waals surface area contributed by atoms with Gasteiger partial charge in [0.15, 0.2) is 0 Å². The highest BCUT2D eigenvalue weighted by atomic mass is 35.5. The zero-order valence-electron chi connectivity index (χ0n) is 8.42. The number of likely N-dealkylation sites (tertiary alicyclic amines) is 1. The lowest BCUT2D eigenvalue weighted by molar-refractivity contribution is 0.0452. The Morgan fingerprint density at radius 1 is 1.50 bits per heavy atom. The van der Waals surface area contributed by atoms with Gasteiger partial charge in [0.05, 0.1) is 17.3 Å². The van der Waals surface area contributed by atoms with Gasteiger partial charge in [0, 0.05) is 19.0 Å². The molecule has 2 rings (SSSR count). The molecule has 0 unspecified atom stereocenters. The Bertz CT molecular complexity index is 418. The average molecular weight is 246 g/mol. The van der Waals surface area contributed by atoms with Gasteiger partial charge in [0.25, 0.3) is 5.91 Å². The number of rotatable bonds is 2. The summed E-state index contributed by atoms with van der Waals surface area (Å²) in [6, 6.07) is 3.64. The Labute approximate surface area is 96.8 Å². The Hall–Kier alpha value is -1.16. The summed E-state index contributed by atoms with van der Waals surface area (Å²) in [7, 11) is 0. The Morgan fingerprint density at radius 2 is 2.19 bits per heavy atom. The monoisotopic (exact) mass is 245 g/mol. The van der Waals surface area contributed by atoms with E-state index in [4.69, 9.17) is 11.6 Å². The van der Waals surface area contributed by atoms with Crippen molar-refractivity contribution in [2.24, 2.45) is 5.92 Å². The predicted molar refractivity (Wildman–Crippen MR) is 56.8 cm³/mol. The van der Waals surface area contributed by atoms with Gasteiger partial charge in [-0.25, -0.2) is 4.39 Å². The zero-order valence-corrected chi connectivity index (χ0v) is 9.18. The third-order valence-corrected chi connectivity index (χ3v) is 2.95. The molecule has 1 amide bonds. The molecule has 86 valence electrons. The summed E-state index contributed by atoms with van der Waals surface area (Å²) in [6.07, 6.45) is 0. The fraction of sp³-hybridized carbons (Fsp3) is 0.364. The molecule has 0 atom stereocenters. The second-order valence-electron chi connectivity index (χ2n) is 3.85. The maximum Gasteiger partial charge on any atom is 0.255 e. The van der Waals surface area contributed by atoms with Crippen LogP contribution in [0.4, 0.5) is 8.78 Å². The van der Waals surface area contributed by atoms with Crippen LogP contribution in [0.2, 0.25) is 5.02 Å². The third kappa shape index (κ3) is 2.02. The molecule has 0 N–H and O–H groups in total. The van der Waals surface area contributed by atoms with E-state index in [1.54, 1.807) is 0 Å². The molecule has 1 aliphatic rings. The van der Waals surface area contributed by atoms with Crippen molar-refractivity contribution in [2.45, 2.75) is 0 Å². The van der Waals surface area contributed by atoms with Crippen LogP contribution in [0.3, 0.4) is 0 Å². The Kier molecular flexibility index (Phi) is 3.10. The van der Waals surface area contributed by atoms with Crippen LogP contribution in [0.25, 0.3) is 0 Å². The number of hydrogen-bond acceptors (Lipinski definition) is 1. The largest absolute Gasteiger partial charge is 0.338 e. The van der Waals surface area contributed by atoms with E-state index < -0.39 is 12.5 Å². The quantitative estimate of drug-likeness (QED) is 0.784. The molecule has 5 heteroatoms. The summed E-state index contributed by atoms with van der Waals surface area (Å²) in [5.74, 6) is -0.930. The van der Waals surface area contributed by atoms with Crippen molar-refractivity contribution in [3.63, 3.8) is 0 Å². The van der Waals surface area contributed by atoms with Gasteiger partial charge in [-0.1, -0.05) is 11.6 Å². The standard InChI is InChI=1S/C11H10ClF2NO/c12-10-2-1-8(14)3-9(10)11(16)15-5-7(4-13)6-15/h1-3,7H,4-6H2. The van der Waals surface area contributed by atoms with Crippen molar-refractivity contribution in [1.29, 1.82) is 0 Å². The van der Waals surface area contributed by atoms with Crippen LogP contribution in [0.1, 0.15) is 10.4 Å². The molecule has 1 saturated heterocycles. The molecule has 1 aromatic carbocycles. The van der Waals surface area contributed by atoms with E-state index in [0.29, 0.717) is 13.1 Å². The smallest absolute Gasteiger partial charge is 0.255 e. The molecule has 2 nitrogen and oxygen atoms in total. The number of carbonyl (C=O) groups excluding carboxylic acids is 1. The molecular formula is C11H10ClF2NO. The van der Waals surface area contributed by atoms with Crippen molar-refractivity contribution < 1.29 is 13.6 Å². The summed E-state index contributed by atoms with van der Waals surface area (Å²) in [4.78, 5) is 13.3. The molecule has 1 fully saturated rings. The summed E-state index contributed by atoms with van der Waals surface area (Å²) in [5.41, 5.74) is 0.138. The molecule has 1 aliphatic heterocycles. The van der Waals surface area contributed by atoms with Crippen molar-refractivity contribution in [1.82, 2.24) is 4.90 Å². The fourth-order valence-corrected chi connectivity index (χ4v) is 1.86. The first-order chi connectivity index (χ1) is 7.61. The molecule has 1 aromatic rings. The normalized spacial score (nSPS) is 16.1. The first-order valence-electron chi connectivity index (χ1n) is 4.92. The highest BCUT2D eigenvalue weighted by Crippen LogP contribution is 2.23. The van der Waals surface area contributed by atoms with Crippen LogP contribution in [-0.4, -0.2) is 30.6 Å². The molecule has 0 radical (unpaired) electrons. The number of hydrogen-bond donors (Lipinski definition) is 0. The van der Waals surface area contributed by atoms with Crippen LogP contribution in [0, 0.1) is 11.7 Å². The van der Waals surface area contributed by atoms with Gasteiger partial charge in [-0.2, -0.15) is 0 Å². The van der Waals surface area contributed by atoms with Crippen molar-refractivity contribution >= 4 is 17.5 Å². The van der Waals surface area contributed by atoms with Gasteiger partial charge in [-0.05, 0) is 18.2 Å². The molecule has 0 bridgehead atoms. The minimum atomic E-state index is -0.504. The first kappa shape index (κ1) is 11.3. The van der Waals surface area contributed by atoms with E-state index in [-0.39, 0.29) is 22.4 Å². The van der Waals surface area contributed by atoms with Gasteiger partial charge >= 0.3 is 0 Å². The topological polar surface area (TPSA) is 20.3 Å². The lowest BCUT2D eigenvalue weighted by atomic mass is 10.0. The second-order valence-corrected chi connectivity index (χ2v) is 4.26. The van der Waals surface area contributed by atoms with Crippen molar-refractivity contribution in [3.8, 4) is 0 Å². The van der Waals surface area contributed by atoms with E-state index in [0.717, 1.165) is 6.07 Å². The maximum atomic E-state index is 12.9. The van der Waals surface area contributed by atoms with Crippen LogP contribution in [0.5, 0.6) is 0 Å². The van der Waals surface area contributed by atoms with Gasteiger partial charge in [-0.3, -0.25) is 9.18 Å². The molecule has 0 aliphatic carbocycles. The number of nitrogens with zero attached hydrogens (tertiary/aromatic N) is 1. The molecule has 0 aromatic heterocycles. The lowest BCUT2D eigenvalue weighted by Gasteiger charge is -2.37. The zero-order chi connectivity index (χ0) is 11.7. The van der Waals surface area contributed by atoms with E-state index in [9.17, 15) is 13.6 Å². The molecule has 16 heavy (non-hydrogen) atoms. The number of carbonyl (C=O) groups is 1. The average Bonchev–Trinajstić information content (AvgIpc) is 2.20. The van der Waals surface area contributed by atoms with E-state index in [2.05, 4.69) is 0 Å². The van der Waals surface area contributed by atoms with Crippen molar-refractivity contribution in [3.05, 3.63) is 34.6 Å². The molecule has 1 heterocycles. The van der Waals surface area contributed by atoms with Crippen LogP contribution >= 0.6 is 11.6 Å². The number of halogens is 3. The Balaban J connectivity index is 2.13. The minimum absolute atomic E-state index is 0.0868. The fourth-order valence-electron chi connectivity index (χ4n) is 1.67. The minimum Gasteiger partial charge on any atom is -0.338 e. The highest BCUT2D eigenvalue weighted by Gasteiger charge is 2.31. The lowest BCUT2D eigenvalue weighted by Crippen LogP contribution is -2.50. The summed E-state index contributed by atoms with van der Waals surface area (Å²) < 4.78 is 25.1. The second kappa shape index (κ2) is 4.37. The Morgan fingerprint density at radius 3 is 2.81 bits per heavy atom. The highest BCUT2D eigenvalue weighted by molar-refractivity contribution is 6.33. The molecule has 0 spiro atoms. The number of alkyl halides is 1. The summed E-state index contributed by atoms with van der Waals surface area (Å²) in [5, 5.41) is 0.218. The third-order valence-electron chi connectivity index (χ3n) is 2.62. The van der Waals surface area contributed by atoms with Gasteiger partial charge in [0.2, 0.25) is 0 Å². The maximum absolute atomic E-state index is 12.9. The number of amides is 1. The predicted octanol–water partition coefficient (Wildman–Crippen LogP) is 2.52. The van der Waals surface area contributed by atoms with Gasteiger partial charge < -0.3 is 4.90 Å². The van der Waals surface area contributed by atoms with E-state index in [1.165, 1.54) is 17.0 Å². The van der Waals surface area contributed by atoms with E-state index >= 15 is 0 Å².